The van der Waals surface area contributed by atoms with Gasteiger partial charge in [-0.2, -0.15) is 17.0 Å². The van der Waals surface area contributed by atoms with Gasteiger partial charge in [0.2, 0.25) is 0 Å². The van der Waals surface area contributed by atoms with Crippen LogP contribution in [0, 0.1) is 23.2 Å². The Kier molecular flexibility index (Phi) is 4.55. The second-order valence-corrected chi connectivity index (χ2v) is 6.45. The van der Waals surface area contributed by atoms with Gasteiger partial charge in [-0.25, -0.2) is 0 Å². The Morgan fingerprint density at radius 1 is 1.25 bits per heavy atom. The van der Waals surface area contributed by atoms with Crippen molar-refractivity contribution in [2.45, 2.75) is 38.6 Å². The molecule has 3 heteroatoms. The summed E-state index contributed by atoms with van der Waals surface area (Å²) in [4.78, 5) is 2.60. The lowest BCUT2D eigenvalue weighted by Crippen LogP contribution is -2.44. The lowest BCUT2D eigenvalue weighted by atomic mass is 9.79. The van der Waals surface area contributed by atoms with Crippen molar-refractivity contribution in [3.63, 3.8) is 0 Å². The van der Waals surface area contributed by atoms with Gasteiger partial charge in [0.15, 0.2) is 0 Å². The van der Waals surface area contributed by atoms with E-state index in [0.717, 1.165) is 12.3 Å². The lowest BCUT2D eigenvalue weighted by molar-refractivity contribution is 0.113. The topological polar surface area (TPSA) is 27.0 Å². The Labute approximate surface area is 103 Å². The van der Waals surface area contributed by atoms with Gasteiger partial charge in [0.25, 0.3) is 0 Å². The highest BCUT2D eigenvalue weighted by Gasteiger charge is 2.32. The molecular formula is C13H22N2S. The van der Waals surface area contributed by atoms with Crippen LogP contribution in [0.15, 0.2) is 0 Å². The van der Waals surface area contributed by atoms with Crippen LogP contribution in [0.2, 0.25) is 0 Å². The van der Waals surface area contributed by atoms with Gasteiger partial charge >= 0.3 is 0 Å². The second kappa shape index (κ2) is 5.93. The molecule has 3 unspecified atom stereocenters. The minimum atomic E-state index is 0.291. The highest BCUT2D eigenvalue weighted by molar-refractivity contribution is 7.99. The first-order valence-electron chi connectivity index (χ1n) is 6.52. The third-order valence-electron chi connectivity index (χ3n) is 3.97. The van der Waals surface area contributed by atoms with Gasteiger partial charge in [0, 0.05) is 18.3 Å². The Morgan fingerprint density at radius 3 is 2.94 bits per heavy atom. The van der Waals surface area contributed by atoms with E-state index in [4.69, 9.17) is 0 Å². The first-order valence-corrected chi connectivity index (χ1v) is 7.68. The molecule has 1 heterocycles. The first-order chi connectivity index (χ1) is 7.81. The maximum absolute atomic E-state index is 9.27. The van der Waals surface area contributed by atoms with E-state index in [9.17, 15) is 5.26 Å². The van der Waals surface area contributed by atoms with Crippen LogP contribution < -0.4 is 0 Å². The largest absolute Gasteiger partial charge is 0.298 e. The number of thioether (sulfide) groups is 1. The number of hydrogen-bond donors (Lipinski definition) is 0. The predicted octanol–water partition coefficient (Wildman–Crippen LogP) is 2.75. The van der Waals surface area contributed by atoms with Crippen LogP contribution in [0.1, 0.15) is 32.6 Å². The summed E-state index contributed by atoms with van der Waals surface area (Å²) in [6.07, 6.45) is 4.90. The van der Waals surface area contributed by atoms with E-state index in [1.54, 1.807) is 0 Å². The van der Waals surface area contributed by atoms with Gasteiger partial charge in [0.05, 0.1) is 12.0 Å². The van der Waals surface area contributed by atoms with E-state index >= 15 is 0 Å². The Balaban J connectivity index is 2.00. The molecular weight excluding hydrogens is 216 g/mol. The van der Waals surface area contributed by atoms with Crippen molar-refractivity contribution >= 4 is 11.8 Å². The van der Waals surface area contributed by atoms with Crippen LogP contribution in [0.5, 0.6) is 0 Å². The highest BCUT2D eigenvalue weighted by Crippen LogP contribution is 2.32. The van der Waals surface area contributed by atoms with Crippen molar-refractivity contribution in [3.05, 3.63) is 0 Å². The minimum absolute atomic E-state index is 0.291. The standard InChI is InChI=1S/C13H22N2S/c1-11-3-4-12(10-14)13(9-11)15-5-2-7-16-8-6-15/h11-13H,2-9H2,1H3. The Morgan fingerprint density at radius 2 is 2.12 bits per heavy atom. The van der Waals surface area contributed by atoms with Crippen LogP contribution in [0.25, 0.3) is 0 Å². The monoisotopic (exact) mass is 238 g/mol. The fraction of sp³-hybridized carbons (Fsp3) is 0.923. The summed E-state index contributed by atoms with van der Waals surface area (Å²) in [6.45, 7) is 4.75. The van der Waals surface area contributed by atoms with Crippen LogP contribution in [-0.2, 0) is 0 Å². The molecule has 1 saturated carbocycles. The molecule has 0 N–H and O–H groups in total. The molecule has 0 amide bonds. The number of hydrogen-bond acceptors (Lipinski definition) is 3. The average Bonchev–Trinajstić information content (AvgIpc) is 2.57. The van der Waals surface area contributed by atoms with E-state index in [-0.39, 0.29) is 0 Å². The van der Waals surface area contributed by atoms with Crippen LogP contribution in [0.4, 0.5) is 0 Å². The summed E-state index contributed by atoms with van der Waals surface area (Å²) in [6, 6.07) is 3.09. The van der Waals surface area contributed by atoms with Crippen LogP contribution in [-0.4, -0.2) is 35.5 Å². The normalized spacial score (nSPS) is 37.6. The van der Waals surface area contributed by atoms with Gasteiger partial charge in [-0.1, -0.05) is 6.92 Å². The van der Waals surface area contributed by atoms with Crippen molar-refractivity contribution in [2.24, 2.45) is 11.8 Å². The summed E-state index contributed by atoms with van der Waals surface area (Å²) >= 11 is 2.07. The third-order valence-corrected chi connectivity index (χ3v) is 5.02. The lowest BCUT2D eigenvalue weighted by Gasteiger charge is -2.38. The number of rotatable bonds is 1. The van der Waals surface area contributed by atoms with Crippen molar-refractivity contribution in [1.29, 1.82) is 5.26 Å². The van der Waals surface area contributed by atoms with Crippen LogP contribution >= 0.6 is 11.8 Å². The zero-order valence-corrected chi connectivity index (χ0v) is 11.0. The fourth-order valence-electron chi connectivity index (χ4n) is 3.00. The Hall–Kier alpha value is -0.200. The average molecular weight is 238 g/mol. The molecule has 2 fully saturated rings. The summed E-state index contributed by atoms with van der Waals surface area (Å²) < 4.78 is 0. The zero-order chi connectivity index (χ0) is 11.4. The van der Waals surface area contributed by atoms with Gasteiger partial charge in [-0.15, -0.1) is 0 Å². The molecule has 0 spiro atoms. The quantitative estimate of drug-likeness (QED) is 0.703. The molecule has 2 nitrogen and oxygen atoms in total. The third kappa shape index (κ3) is 2.93. The van der Waals surface area contributed by atoms with E-state index in [2.05, 4.69) is 29.7 Å². The SMILES string of the molecule is CC1CCC(C#N)C(N2CCCSCC2)C1. The summed E-state index contributed by atoms with van der Waals surface area (Å²) in [7, 11) is 0. The van der Waals surface area contributed by atoms with Gasteiger partial charge in [0.1, 0.15) is 0 Å². The highest BCUT2D eigenvalue weighted by atomic mass is 32.2. The molecule has 1 saturated heterocycles. The predicted molar refractivity (Wildman–Crippen MR) is 69.4 cm³/mol. The number of nitriles is 1. The van der Waals surface area contributed by atoms with Crippen molar-refractivity contribution in [3.8, 4) is 6.07 Å². The molecule has 2 aliphatic rings. The number of nitrogens with zero attached hydrogens (tertiary/aromatic N) is 2. The van der Waals surface area contributed by atoms with E-state index in [0.29, 0.717) is 12.0 Å². The summed E-state index contributed by atoms with van der Waals surface area (Å²) in [5, 5.41) is 9.27. The molecule has 2 rings (SSSR count). The molecule has 90 valence electrons. The molecule has 0 aromatic carbocycles. The maximum Gasteiger partial charge on any atom is 0.0672 e. The maximum atomic E-state index is 9.27. The van der Waals surface area contributed by atoms with Crippen molar-refractivity contribution in [2.75, 3.05) is 24.6 Å². The second-order valence-electron chi connectivity index (χ2n) is 5.22. The minimum Gasteiger partial charge on any atom is -0.298 e. The molecule has 0 bridgehead atoms. The molecule has 0 aromatic rings. The fourth-order valence-corrected chi connectivity index (χ4v) is 3.90. The smallest absolute Gasteiger partial charge is 0.0672 e. The van der Waals surface area contributed by atoms with Gasteiger partial charge in [-0.05, 0) is 43.9 Å². The van der Waals surface area contributed by atoms with Gasteiger partial charge < -0.3 is 0 Å². The van der Waals surface area contributed by atoms with E-state index in [1.165, 1.54) is 43.9 Å². The first kappa shape index (κ1) is 12.3. The van der Waals surface area contributed by atoms with Crippen LogP contribution in [0.3, 0.4) is 0 Å². The molecule has 1 aliphatic carbocycles. The van der Waals surface area contributed by atoms with Crippen molar-refractivity contribution in [1.82, 2.24) is 4.90 Å². The summed E-state index contributed by atoms with van der Waals surface area (Å²) in [5.41, 5.74) is 0. The molecule has 16 heavy (non-hydrogen) atoms. The van der Waals surface area contributed by atoms with E-state index in [1.807, 2.05) is 0 Å². The molecule has 3 atom stereocenters. The van der Waals surface area contributed by atoms with E-state index < -0.39 is 0 Å². The zero-order valence-electron chi connectivity index (χ0n) is 10.2. The van der Waals surface area contributed by atoms with Crippen molar-refractivity contribution < 1.29 is 0 Å². The molecule has 0 radical (unpaired) electrons. The Bertz CT molecular complexity index is 253. The molecule has 1 aliphatic heterocycles. The summed E-state index contributed by atoms with van der Waals surface area (Å²) in [5.74, 6) is 3.66. The molecule has 0 aromatic heterocycles. The van der Waals surface area contributed by atoms with Gasteiger partial charge in [-0.3, -0.25) is 4.90 Å².